The molecule has 4 aromatic rings. The maximum Gasteiger partial charge on any atom is 0.453 e. The largest absolute Gasteiger partial charge is 0.495 e. The number of amides is 1. The van der Waals surface area contributed by atoms with Crippen LogP contribution < -0.4 is 29.7 Å². The van der Waals surface area contributed by atoms with Gasteiger partial charge in [0.1, 0.15) is 17.1 Å². The van der Waals surface area contributed by atoms with E-state index in [-0.39, 0.29) is 29.2 Å². The van der Waals surface area contributed by atoms with Gasteiger partial charge in [-0.05, 0) is 43.3 Å². The molecule has 1 heterocycles. The number of hydrogen-bond donors (Lipinski definition) is 1. The predicted octanol–water partition coefficient (Wildman–Crippen LogP) is 6.03. The van der Waals surface area contributed by atoms with Gasteiger partial charge in [0.15, 0.2) is 18.1 Å². The lowest BCUT2D eigenvalue weighted by Crippen LogP contribution is -2.20. The second-order valence-electron chi connectivity index (χ2n) is 7.76. The Kier molecular flexibility index (Phi) is 7.75. The number of hydrogen-bond acceptors (Lipinski definition) is 7. The molecule has 0 spiro atoms. The van der Waals surface area contributed by atoms with E-state index >= 15 is 0 Å². The van der Waals surface area contributed by atoms with Crippen LogP contribution in [0.4, 0.5) is 18.9 Å². The van der Waals surface area contributed by atoms with Crippen molar-refractivity contribution in [1.82, 2.24) is 0 Å². The molecule has 0 aliphatic rings. The molecule has 4 rings (SSSR count). The highest BCUT2D eigenvalue weighted by atomic mass is 19.4. The van der Waals surface area contributed by atoms with E-state index in [1.807, 2.05) is 0 Å². The standard InChI is InChI=1S/C27H22F3NO7/c1-3-35-20-10-6-7-11-21(20)37-25-24(33)17-13-12-16(14-22(17)38-26(25)27(28,29)30)36-15-23(32)31-18-8-4-5-9-19(18)34-2/h4-14H,3,15H2,1-2H3,(H,31,32). The van der Waals surface area contributed by atoms with Crippen molar-refractivity contribution in [1.29, 1.82) is 0 Å². The Morgan fingerprint density at radius 2 is 1.63 bits per heavy atom. The summed E-state index contributed by atoms with van der Waals surface area (Å²) in [5, 5.41) is 2.44. The van der Waals surface area contributed by atoms with E-state index in [0.29, 0.717) is 11.4 Å². The molecule has 38 heavy (non-hydrogen) atoms. The average molecular weight is 529 g/mol. The maximum atomic E-state index is 13.9. The third kappa shape index (κ3) is 5.83. The molecule has 1 N–H and O–H groups in total. The van der Waals surface area contributed by atoms with Gasteiger partial charge in [0.25, 0.3) is 11.7 Å². The van der Waals surface area contributed by atoms with Crippen LogP contribution in [0.1, 0.15) is 12.7 Å². The summed E-state index contributed by atoms with van der Waals surface area (Å²) in [7, 11) is 1.45. The molecule has 0 fully saturated rings. The number of para-hydroxylation sites is 4. The number of halogens is 3. The zero-order valence-electron chi connectivity index (χ0n) is 20.3. The molecule has 0 aliphatic heterocycles. The van der Waals surface area contributed by atoms with Crippen LogP contribution in [0.5, 0.6) is 28.7 Å². The van der Waals surface area contributed by atoms with Crippen LogP contribution in [0, 0.1) is 0 Å². The number of nitrogens with one attached hydrogen (secondary N) is 1. The van der Waals surface area contributed by atoms with Gasteiger partial charge in [0.05, 0.1) is 24.8 Å². The van der Waals surface area contributed by atoms with Gasteiger partial charge in [-0.3, -0.25) is 9.59 Å². The molecule has 0 saturated carbocycles. The molecule has 11 heteroatoms. The summed E-state index contributed by atoms with van der Waals surface area (Å²) in [5.74, 6) is -2.64. The van der Waals surface area contributed by atoms with Crippen molar-refractivity contribution in [2.45, 2.75) is 13.1 Å². The zero-order chi connectivity index (χ0) is 27.3. The Balaban J connectivity index is 1.62. The lowest BCUT2D eigenvalue weighted by Gasteiger charge is -2.15. The minimum absolute atomic E-state index is 0.0133. The Hall–Kier alpha value is -4.67. The molecule has 0 atom stereocenters. The van der Waals surface area contributed by atoms with Crippen LogP contribution in [-0.2, 0) is 11.0 Å². The molecule has 1 aromatic heterocycles. The number of fused-ring (bicyclic) bond motifs is 1. The van der Waals surface area contributed by atoms with Crippen molar-refractivity contribution in [3.8, 4) is 28.7 Å². The quantitative estimate of drug-likeness (QED) is 0.283. The van der Waals surface area contributed by atoms with Gasteiger partial charge in [-0.25, -0.2) is 0 Å². The van der Waals surface area contributed by atoms with Gasteiger partial charge in [-0.15, -0.1) is 0 Å². The highest BCUT2D eigenvalue weighted by molar-refractivity contribution is 5.93. The number of alkyl halides is 3. The monoisotopic (exact) mass is 529 g/mol. The van der Waals surface area contributed by atoms with Gasteiger partial charge < -0.3 is 28.7 Å². The van der Waals surface area contributed by atoms with Crippen molar-refractivity contribution in [2.75, 3.05) is 25.6 Å². The fraction of sp³-hybridized carbons (Fsp3) is 0.185. The predicted molar refractivity (Wildman–Crippen MR) is 132 cm³/mol. The van der Waals surface area contributed by atoms with Gasteiger partial charge in [-0.2, -0.15) is 13.2 Å². The Morgan fingerprint density at radius 1 is 0.947 bits per heavy atom. The number of ether oxygens (including phenoxy) is 4. The number of methoxy groups -OCH3 is 1. The second kappa shape index (κ2) is 11.2. The number of anilines is 1. The minimum Gasteiger partial charge on any atom is -0.495 e. The van der Waals surface area contributed by atoms with Crippen molar-refractivity contribution >= 4 is 22.6 Å². The molecule has 0 aliphatic carbocycles. The number of rotatable bonds is 9. The van der Waals surface area contributed by atoms with Crippen LogP contribution in [0.25, 0.3) is 11.0 Å². The van der Waals surface area contributed by atoms with Crippen LogP contribution in [-0.4, -0.2) is 26.2 Å². The first-order valence-electron chi connectivity index (χ1n) is 11.3. The number of carbonyl (C=O) groups is 1. The summed E-state index contributed by atoms with van der Waals surface area (Å²) in [6, 6.07) is 16.4. The molecule has 0 radical (unpaired) electrons. The van der Waals surface area contributed by atoms with E-state index in [0.717, 1.165) is 6.07 Å². The van der Waals surface area contributed by atoms with Gasteiger partial charge in [0, 0.05) is 6.07 Å². The average Bonchev–Trinajstić information content (AvgIpc) is 2.89. The summed E-state index contributed by atoms with van der Waals surface area (Å²) in [6.45, 7) is 1.47. The molecule has 8 nitrogen and oxygen atoms in total. The van der Waals surface area contributed by atoms with E-state index in [1.54, 1.807) is 37.3 Å². The van der Waals surface area contributed by atoms with E-state index in [2.05, 4.69) is 5.32 Å². The third-order valence-electron chi connectivity index (χ3n) is 5.19. The molecule has 1 amide bonds. The Bertz CT molecular complexity index is 1520. The molecule has 0 bridgehead atoms. The first kappa shape index (κ1) is 26.4. The van der Waals surface area contributed by atoms with Crippen molar-refractivity contribution in [2.24, 2.45) is 0 Å². The number of carbonyl (C=O) groups excluding carboxylic acids is 1. The molecule has 3 aromatic carbocycles. The summed E-state index contributed by atoms with van der Waals surface area (Å²) in [4.78, 5) is 25.4. The summed E-state index contributed by atoms with van der Waals surface area (Å²) >= 11 is 0. The Morgan fingerprint density at radius 3 is 2.32 bits per heavy atom. The number of benzene rings is 3. The smallest absolute Gasteiger partial charge is 0.453 e. The lowest BCUT2D eigenvalue weighted by molar-refractivity contribution is -0.154. The molecule has 0 unspecified atom stereocenters. The fourth-order valence-electron chi connectivity index (χ4n) is 3.53. The molecule has 198 valence electrons. The SMILES string of the molecule is CCOc1ccccc1Oc1c(C(F)(F)F)oc2cc(OCC(=O)Nc3ccccc3OC)ccc2c1=O. The summed E-state index contributed by atoms with van der Waals surface area (Å²) in [5.41, 5.74) is -1.01. The van der Waals surface area contributed by atoms with Crippen LogP contribution in [0.3, 0.4) is 0 Å². The van der Waals surface area contributed by atoms with Gasteiger partial charge >= 0.3 is 6.18 Å². The molecule has 0 saturated heterocycles. The second-order valence-corrected chi connectivity index (χ2v) is 7.76. The van der Waals surface area contributed by atoms with E-state index in [9.17, 15) is 22.8 Å². The van der Waals surface area contributed by atoms with E-state index in [1.165, 1.54) is 37.4 Å². The molecular weight excluding hydrogens is 507 g/mol. The first-order chi connectivity index (χ1) is 18.2. The zero-order valence-corrected chi connectivity index (χ0v) is 20.3. The van der Waals surface area contributed by atoms with Crippen LogP contribution in [0.15, 0.2) is 75.9 Å². The van der Waals surface area contributed by atoms with E-state index < -0.39 is 41.2 Å². The first-order valence-corrected chi connectivity index (χ1v) is 11.3. The van der Waals surface area contributed by atoms with Crippen molar-refractivity contribution in [3.05, 3.63) is 82.7 Å². The van der Waals surface area contributed by atoms with Gasteiger partial charge in [-0.1, -0.05) is 24.3 Å². The van der Waals surface area contributed by atoms with Crippen LogP contribution >= 0.6 is 0 Å². The normalized spacial score (nSPS) is 11.2. The topological polar surface area (TPSA) is 96.2 Å². The van der Waals surface area contributed by atoms with Crippen molar-refractivity contribution in [3.63, 3.8) is 0 Å². The Labute approximate surface area is 214 Å². The summed E-state index contributed by atoms with van der Waals surface area (Å²) < 4.78 is 68.1. The van der Waals surface area contributed by atoms with Crippen molar-refractivity contribution < 1.29 is 41.3 Å². The highest BCUT2D eigenvalue weighted by Crippen LogP contribution is 2.40. The van der Waals surface area contributed by atoms with E-state index in [4.69, 9.17) is 23.4 Å². The van der Waals surface area contributed by atoms with Gasteiger partial charge in [0.2, 0.25) is 11.2 Å². The third-order valence-corrected chi connectivity index (χ3v) is 5.19. The minimum atomic E-state index is -5.05. The van der Waals surface area contributed by atoms with Crippen LogP contribution in [0.2, 0.25) is 0 Å². The molecular formula is C27H22F3NO7. The lowest BCUT2D eigenvalue weighted by atomic mass is 10.2. The highest BCUT2D eigenvalue weighted by Gasteiger charge is 2.40. The summed E-state index contributed by atoms with van der Waals surface area (Å²) in [6.07, 6.45) is -5.05. The fourth-order valence-corrected chi connectivity index (χ4v) is 3.53. The maximum absolute atomic E-state index is 13.9.